The minimum atomic E-state index is -4.77. The number of pyridine rings is 1. The zero-order valence-corrected chi connectivity index (χ0v) is 19.4. The Morgan fingerprint density at radius 3 is 2.50 bits per heavy atom. The van der Waals surface area contributed by atoms with Crippen molar-refractivity contribution in [2.75, 3.05) is 6.54 Å². The molecule has 0 fully saturated rings. The number of hydrogen-bond donors (Lipinski definition) is 1. The Morgan fingerprint density at radius 1 is 1.09 bits per heavy atom. The Kier molecular flexibility index (Phi) is 6.41. The number of benzene rings is 1. The molecule has 7 nitrogen and oxygen atoms in total. The molecule has 4 aromatic rings. The zero-order valence-electron chi connectivity index (χ0n) is 17.9. The van der Waals surface area contributed by atoms with Crippen LogP contribution in [-0.2, 0) is 11.6 Å². The van der Waals surface area contributed by atoms with Crippen LogP contribution in [0.5, 0.6) is 0 Å². The normalized spacial score (nSPS) is 12.1. The van der Waals surface area contributed by atoms with Gasteiger partial charge in [0, 0.05) is 27.9 Å². The molecule has 0 radical (unpaired) electrons. The van der Waals surface area contributed by atoms with Crippen molar-refractivity contribution in [2.24, 2.45) is 0 Å². The Bertz CT molecular complexity index is 1320. The summed E-state index contributed by atoms with van der Waals surface area (Å²) in [5.41, 5.74) is 1.24. The van der Waals surface area contributed by atoms with Gasteiger partial charge in [-0.25, -0.2) is 9.97 Å². The number of rotatable bonds is 6. The van der Waals surface area contributed by atoms with Crippen LogP contribution >= 0.6 is 22.9 Å². The molecule has 4 rings (SSSR count). The highest BCUT2D eigenvalue weighted by atomic mass is 35.5. The monoisotopic (exact) mass is 507 g/mol. The largest absolute Gasteiger partial charge is 0.471 e. The van der Waals surface area contributed by atoms with Gasteiger partial charge in [-0.1, -0.05) is 48.8 Å². The van der Waals surface area contributed by atoms with Gasteiger partial charge in [-0.05, 0) is 24.3 Å². The number of carbonyl (C=O) groups is 1. The highest BCUT2D eigenvalue weighted by molar-refractivity contribution is 7.13. The van der Waals surface area contributed by atoms with Gasteiger partial charge in [-0.2, -0.15) is 18.2 Å². The van der Waals surface area contributed by atoms with Crippen molar-refractivity contribution in [1.82, 2.24) is 25.4 Å². The molecule has 0 saturated carbocycles. The zero-order chi connectivity index (χ0) is 24.5. The molecule has 0 saturated heterocycles. The van der Waals surface area contributed by atoms with E-state index in [9.17, 15) is 18.0 Å². The average Bonchev–Trinajstić information content (AvgIpc) is 3.49. The second-order valence-electron chi connectivity index (χ2n) is 7.94. The number of carbonyl (C=O) groups excluding carboxylic acids is 1. The molecule has 0 aliphatic carbocycles. The van der Waals surface area contributed by atoms with Crippen molar-refractivity contribution < 1.29 is 22.5 Å². The number of amides is 1. The van der Waals surface area contributed by atoms with Crippen LogP contribution < -0.4 is 5.32 Å². The molecule has 12 heteroatoms. The van der Waals surface area contributed by atoms with E-state index in [-0.39, 0.29) is 23.8 Å². The van der Waals surface area contributed by atoms with Crippen LogP contribution in [0.4, 0.5) is 13.2 Å². The second-order valence-corrected chi connectivity index (χ2v) is 9.23. The molecule has 1 aromatic carbocycles. The standard InChI is InChI=1S/C22H17ClF3N5O2S/c1-21(2,16-10-34-19(29-16)12-6-8-13(23)9-7-12)11-27-18(32)15-5-3-4-14(28-15)17-30-20(33-31-17)22(24,25)26/h3-10H,11H2,1-2H3,(H,27,32). The smallest absolute Gasteiger partial charge is 0.350 e. The summed E-state index contributed by atoms with van der Waals surface area (Å²) >= 11 is 7.43. The third-order valence-electron chi connectivity index (χ3n) is 4.86. The van der Waals surface area contributed by atoms with Gasteiger partial charge in [0.05, 0.1) is 5.69 Å². The molecule has 176 valence electrons. The Labute approximate surface area is 201 Å². The summed E-state index contributed by atoms with van der Waals surface area (Å²) in [6.45, 7) is 4.13. The quantitative estimate of drug-likeness (QED) is 0.363. The number of alkyl halides is 3. The van der Waals surface area contributed by atoms with E-state index in [1.807, 2.05) is 31.4 Å². The molecule has 0 bridgehead atoms. The molecule has 3 aromatic heterocycles. The Hall–Kier alpha value is -3.31. The van der Waals surface area contributed by atoms with E-state index in [0.29, 0.717) is 5.02 Å². The van der Waals surface area contributed by atoms with Crippen LogP contribution in [0.1, 0.15) is 35.9 Å². The summed E-state index contributed by atoms with van der Waals surface area (Å²) in [7, 11) is 0. The van der Waals surface area contributed by atoms with E-state index in [2.05, 4.69) is 25.0 Å². The minimum absolute atomic E-state index is 0.00629. The van der Waals surface area contributed by atoms with Crippen LogP contribution in [0.3, 0.4) is 0 Å². The topological polar surface area (TPSA) is 93.8 Å². The van der Waals surface area contributed by atoms with Gasteiger partial charge in [0.15, 0.2) is 0 Å². The first-order valence-electron chi connectivity index (χ1n) is 9.91. The third kappa shape index (κ3) is 5.26. The van der Waals surface area contributed by atoms with Gasteiger partial charge in [-0.15, -0.1) is 11.3 Å². The van der Waals surface area contributed by atoms with Crippen molar-refractivity contribution >= 4 is 28.8 Å². The van der Waals surface area contributed by atoms with Crippen LogP contribution in [-0.4, -0.2) is 32.6 Å². The van der Waals surface area contributed by atoms with E-state index >= 15 is 0 Å². The van der Waals surface area contributed by atoms with E-state index in [1.165, 1.54) is 29.5 Å². The van der Waals surface area contributed by atoms with Crippen LogP contribution in [0, 0.1) is 0 Å². The summed E-state index contributed by atoms with van der Waals surface area (Å²) in [5, 5.41) is 9.51. The molecule has 0 atom stereocenters. The van der Waals surface area contributed by atoms with Crippen molar-refractivity contribution in [3.63, 3.8) is 0 Å². The Balaban J connectivity index is 1.45. The number of aromatic nitrogens is 4. The van der Waals surface area contributed by atoms with Gasteiger partial charge < -0.3 is 9.84 Å². The van der Waals surface area contributed by atoms with Crippen molar-refractivity contribution in [1.29, 1.82) is 0 Å². The SMILES string of the molecule is CC(C)(CNC(=O)c1cccc(-c2noc(C(F)(F)F)n2)n1)c1csc(-c2ccc(Cl)cc2)n1. The van der Waals surface area contributed by atoms with Gasteiger partial charge in [-0.3, -0.25) is 4.79 Å². The first-order valence-corrected chi connectivity index (χ1v) is 11.2. The Morgan fingerprint density at radius 2 is 1.82 bits per heavy atom. The van der Waals surface area contributed by atoms with Gasteiger partial charge in [0.2, 0.25) is 5.82 Å². The van der Waals surface area contributed by atoms with Gasteiger partial charge >= 0.3 is 12.1 Å². The predicted octanol–water partition coefficient (Wildman–Crippen LogP) is 5.63. The molecule has 0 unspecified atom stereocenters. The summed E-state index contributed by atoms with van der Waals surface area (Å²) < 4.78 is 42.3. The fourth-order valence-corrected chi connectivity index (χ4v) is 4.06. The lowest BCUT2D eigenvalue weighted by molar-refractivity contribution is -0.159. The lowest BCUT2D eigenvalue weighted by atomic mass is 9.90. The van der Waals surface area contributed by atoms with Crippen LogP contribution in [0.15, 0.2) is 52.4 Å². The number of hydrogen-bond acceptors (Lipinski definition) is 7. The summed E-state index contributed by atoms with van der Waals surface area (Å²) in [6.07, 6.45) is -4.77. The molecule has 3 heterocycles. The molecular formula is C22H17ClF3N5O2S. The maximum Gasteiger partial charge on any atom is 0.471 e. The third-order valence-corrected chi connectivity index (χ3v) is 6.00. The molecule has 1 amide bonds. The van der Waals surface area contributed by atoms with E-state index in [0.717, 1.165) is 16.3 Å². The highest BCUT2D eigenvalue weighted by Gasteiger charge is 2.38. The average molecular weight is 508 g/mol. The van der Waals surface area contributed by atoms with E-state index < -0.39 is 23.4 Å². The molecular weight excluding hydrogens is 491 g/mol. The van der Waals surface area contributed by atoms with Gasteiger partial charge in [0.1, 0.15) is 16.4 Å². The fourth-order valence-electron chi connectivity index (χ4n) is 2.92. The molecule has 34 heavy (non-hydrogen) atoms. The van der Waals surface area contributed by atoms with Crippen molar-refractivity contribution in [3.8, 4) is 22.1 Å². The highest BCUT2D eigenvalue weighted by Crippen LogP contribution is 2.31. The fraction of sp³-hybridized carbons (Fsp3) is 0.227. The van der Waals surface area contributed by atoms with Crippen LogP contribution in [0.25, 0.3) is 22.1 Å². The molecule has 0 aliphatic rings. The maximum atomic E-state index is 12.7. The van der Waals surface area contributed by atoms with Gasteiger partial charge in [0.25, 0.3) is 5.91 Å². The second kappa shape index (κ2) is 9.15. The van der Waals surface area contributed by atoms with Crippen LogP contribution in [0.2, 0.25) is 5.02 Å². The number of nitrogens with zero attached hydrogens (tertiary/aromatic N) is 4. The summed E-state index contributed by atoms with van der Waals surface area (Å²) in [5.74, 6) is -2.34. The molecule has 0 spiro atoms. The van der Waals surface area contributed by atoms with E-state index in [1.54, 1.807) is 12.1 Å². The minimum Gasteiger partial charge on any atom is -0.350 e. The molecule has 0 aliphatic heterocycles. The lowest BCUT2D eigenvalue weighted by Gasteiger charge is -2.22. The van der Waals surface area contributed by atoms with Crippen molar-refractivity contribution in [2.45, 2.75) is 25.4 Å². The lowest BCUT2D eigenvalue weighted by Crippen LogP contribution is -2.37. The number of thiazole rings is 1. The predicted molar refractivity (Wildman–Crippen MR) is 120 cm³/mol. The number of halogens is 4. The first kappa shape index (κ1) is 23.8. The summed E-state index contributed by atoms with van der Waals surface area (Å²) in [6, 6.07) is 11.7. The molecule has 1 N–H and O–H groups in total. The summed E-state index contributed by atoms with van der Waals surface area (Å²) in [4.78, 5) is 24.8. The van der Waals surface area contributed by atoms with Crippen molar-refractivity contribution in [3.05, 3.63) is 70.1 Å². The first-order chi connectivity index (χ1) is 16.0. The van der Waals surface area contributed by atoms with E-state index in [4.69, 9.17) is 16.6 Å². The maximum absolute atomic E-state index is 12.7. The number of nitrogens with one attached hydrogen (secondary N) is 1.